The van der Waals surface area contributed by atoms with Crippen molar-refractivity contribution in [2.75, 3.05) is 13.7 Å². The van der Waals surface area contributed by atoms with Crippen molar-refractivity contribution in [3.63, 3.8) is 0 Å². The van der Waals surface area contributed by atoms with Crippen LogP contribution in [0.15, 0.2) is 28.7 Å². The van der Waals surface area contributed by atoms with E-state index in [4.69, 9.17) is 4.74 Å². The van der Waals surface area contributed by atoms with E-state index in [0.717, 1.165) is 17.6 Å². The number of aryl methyl sites for hydroxylation is 1. The normalized spacial score (nSPS) is 11.1. The number of halogens is 1. The minimum Gasteiger partial charge on any atom is -0.383 e. The van der Waals surface area contributed by atoms with Crippen LogP contribution < -0.4 is 0 Å². The second-order valence-corrected chi connectivity index (χ2v) is 4.55. The number of hydrogen-bond donors (Lipinski definition) is 0. The highest BCUT2D eigenvalue weighted by Crippen LogP contribution is 2.23. The fourth-order valence-electron chi connectivity index (χ4n) is 1.86. The lowest BCUT2D eigenvalue weighted by Crippen LogP contribution is -2.05. The van der Waals surface area contributed by atoms with E-state index in [1.54, 1.807) is 7.11 Å². The van der Waals surface area contributed by atoms with Crippen LogP contribution in [-0.2, 0) is 11.3 Å². The van der Waals surface area contributed by atoms with E-state index in [2.05, 4.69) is 51.7 Å². The highest BCUT2D eigenvalue weighted by molar-refractivity contribution is 9.10. The number of nitrogens with zero attached hydrogens (tertiary/aromatic N) is 1. The van der Waals surface area contributed by atoms with E-state index in [9.17, 15) is 0 Å². The van der Waals surface area contributed by atoms with Crippen LogP contribution in [0.25, 0.3) is 10.9 Å². The molecule has 3 heteroatoms. The van der Waals surface area contributed by atoms with Crippen LogP contribution in [-0.4, -0.2) is 18.3 Å². The molecule has 0 fully saturated rings. The van der Waals surface area contributed by atoms with Crippen LogP contribution in [0, 0.1) is 6.92 Å². The third-order valence-corrected chi connectivity index (χ3v) is 3.08. The van der Waals surface area contributed by atoms with E-state index in [-0.39, 0.29) is 0 Å². The molecule has 2 aromatic rings. The van der Waals surface area contributed by atoms with E-state index in [1.807, 2.05) is 0 Å². The van der Waals surface area contributed by atoms with E-state index < -0.39 is 0 Å². The topological polar surface area (TPSA) is 14.2 Å². The Labute approximate surface area is 98.0 Å². The van der Waals surface area contributed by atoms with Gasteiger partial charge < -0.3 is 9.30 Å². The summed E-state index contributed by atoms with van der Waals surface area (Å²) < 4.78 is 8.52. The molecule has 80 valence electrons. The summed E-state index contributed by atoms with van der Waals surface area (Å²) in [5, 5.41) is 1.28. The number of aromatic nitrogens is 1. The third kappa shape index (κ3) is 2.08. The van der Waals surface area contributed by atoms with Gasteiger partial charge in [0.05, 0.1) is 6.61 Å². The lowest BCUT2D eigenvalue weighted by atomic mass is 10.2. The Bertz CT molecular complexity index is 476. The number of fused-ring (bicyclic) bond motifs is 1. The smallest absolute Gasteiger partial charge is 0.0642 e. The summed E-state index contributed by atoms with van der Waals surface area (Å²) in [5.41, 5.74) is 2.55. The van der Waals surface area contributed by atoms with E-state index in [1.165, 1.54) is 16.6 Å². The molecule has 0 aliphatic carbocycles. The number of methoxy groups -OCH3 is 1. The molecule has 1 aromatic heterocycles. The molecule has 0 radical (unpaired) electrons. The van der Waals surface area contributed by atoms with Crippen LogP contribution >= 0.6 is 15.9 Å². The largest absolute Gasteiger partial charge is 0.383 e. The maximum atomic E-state index is 5.11. The van der Waals surface area contributed by atoms with Crippen molar-refractivity contribution in [1.29, 1.82) is 0 Å². The molecule has 0 aliphatic rings. The number of rotatable bonds is 3. The molecule has 0 amide bonds. The molecule has 0 bridgehead atoms. The molecule has 15 heavy (non-hydrogen) atoms. The summed E-state index contributed by atoms with van der Waals surface area (Å²) in [4.78, 5) is 0. The fraction of sp³-hybridized carbons (Fsp3) is 0.333. The van der Waals surface area contributed by atoms with Crippen molar-refractivity contribution in [1.82, 2.24) is 4.57 Å². The van der Waals surface area contributed by atoms with Gasteiger partial charge in [-0.15, -0.1) is 0 Å². The van der Waals surface area contributed by atoms with Crippen LogP contribution in [0.3, 0.4) is 0 Å². The highest BCUT2D eigenvalue weighted by atomic mass is 79.9. The lowest BCUT2D eigenvalue weighted by Gasteiger charge is -2.07. The van der Waals surface area contributed by atoms with Crippen LogP contribution in [0.2, 0.25) is 0 Å². The number of hydrogen-bond acceptors (Lipinski definition) is 1. The first-order valence-corrected chi connectivity index (χ1v) is 5.76. The van der Waals surface area contributed by atoms with Crippen molar-refractivity contribution in [3.05, 3.63) is 34.4 Å². The van der Waals surface area contributed by atoms with Gasteiger partial charge in [-0.25, -0.2) is 0 Å². The molecule has 0 aliphatic heterocycles. The monoisotopic (exact) mass is 267 g/mol. The Morgan fingerprint density at radius 2 is 2.13 bits per heavy atom. The Balaban J connectivity index is 2.48. The van der Waals surface area contributed by atoms with Crippen LogP contribution in [0.1, 0.15) is 5.69 Å². The zero-order chi connectivity index (χ0) is 10.8. The first-order valence-electron chi connectivity index (χ1n) is 4.96. The Morgan fingerprint density at radius 3 is 2.87 bits per heavy atom. The van der Waals surface area contributed by atoms with Gasteiger partial charge in [0, 0.05) is 34.7 Å². The van der Waals surface area contributed by atoms with Gasteiger partial charge in [-0.2, -0.15) is 0 Å². The van der Waals surface area contributed by atoms with Crippen molar-refractivity contribution < 1.29 is 4.74 Å². The number of benzene rings is 1. The summed E-state index contributed by atoms with van der Waals surface area (Å²) in [6.45, 7) is 3.79. The Hall–Kier alpha value is -0.800. The molecule has 1 heterocycles. The van der Waals surface area contributed by atoms with Crippen molar-refractivity contribution in [2.24, 2.45) is 0 Å². The second kappa shape index (κ2) is 4.37. The molecule has 2 nitrogen and oxygen atoms in total. The average Bonchev–Trinajstić information content (AvgIpc) is 2.50. The summed E-state index contributed by atoms with van der Waals surface area (Å²) in [6, 6.07) is 8.56. The standard InChI is InChI=1S/C12H14BrNO/c1-9-7-10-8-11(13)3-4-12(10)14(9)5-6-15-2/h3-4,7-8H,5-6H2,1-2H3. The molecule has 0 saturated heterocycles. The van der Waals surface area contributed by atoms with Crippen molar-refractivity contribution in [2.45, 2.75) is 13.5 Å². The minimum atomic E-state index is 0.751. The van der Waals surface area contributed by atoms with Gasteiger partial charge in [-0.1, -0.05) is 15.9 Å². The van der Waals surface area contributed by atoms with E-state index >= 15 is 0 Å². The van der Waals surface area contributed by atoms with Gasteiger partial charge in [0.15, 0.2) is 0 Å². The quantitative estimate of drug-likeness (QED) is 0.832. The molecule has 0 atom stereocenters. The maximum Gasteiger partial charge on any atom is 0.0642 e. The SMILES string of the molecule is COCCn1c(C)cc2cc(Br)ccc21. The molecule has 0 N–H and O–H groups in total. The van der Waals surface area contributed by atoms with Crippen molar-refractivity contribution >= 4 is 26.8 Å². The first kappa shape index (κ1) is 10.7. The Morgan fingerprint density at radius 1 is 1.33 bits per heavy atom. The fourth-order valence-corrected chi connectivity index (χ4v) is 2.24. The van der Waals surface area contributed by atoms with Gasteiger partial charge in [0.2, 0.25) is 0 Å². The van der Waals surface area contributed by atoms with Gasteiger partial charge in [0.1, 0.15) is 0 Å². The van der Waals surface area contributed by atoms with Crippen molar-refractivity contribution in [3.8, 4) is 0 Å². The molecule has 1 aromatic carbocycles. The minimum absolute atomic E-state index is 0.751. The second-order valence-electron chi connectivity index (χ2n) is 3.63. The number of ether oxygens (including phenoxy) is 1. The van der Waals surface area contributed by atoms with E-state index in [0.29, 0.717) is 0 Å². The molecule has 0 spiro atoms. The molecule has 2 rings (SSSR count). The summed E-state index contributed by atoms with van der Waals surface area (Å²) >= 11 is 3.48. The van der Waals surface area contributed by atoms with Gasteiger partial charge in [-0.05, 0) is 31.2 Å². The first-order chi connectivity index (χ1) is 7.22. The zero-order valence-corrected chi connectivity index (χ0v) is 10.5. The third-order valence-electron chi connectivity index (χ3n) is 2.59. The highest BCUT2D eigenvalue weighted by Gasteiger charge is 2.05. The molecule has 0 saturated carbocycles. The molecular weight excluding hydrogens is 254 g/mol. The average molecular weight is 268 g/mol. The Kier molecular flexibility index (Phi) is 3.12. The lowest BCUT2D eigenvalue weighted by molar-refractivity contribution is 0.188. The van der Waals surface area contributed by atoms with Gasteiger partial charge in [-0.3, -0.25) is 0 Å². The summed E-state index contributed by atoms with van der Waals surface area (Å²) in [7, 11) is 1.73. The molecular formula is C12H14BrNO. The maximum absolute atomic E-state index is 5.11. The van der Waals surface area contributed by atoms with Crippen LogP contribution in [0.5, 0.6) is 0 Å². The predicted molar refractivity (Wildman–Crippen MR) is 66.3 cm³/mol. The molecule has 0 unspecified atom stereocenters. The summed E-state index contributed by atoms with van der Waals surface area (Å²) in [5.74, 6) is 0. The van der Waals surface area contributed by atoms with Gasteiger partial charge in [0.25, 0.3) is 0 Å². The van der Waals surface area contributed by atoms with Crippen LogP contribution in [0.4, 0.5) is 0 Å². The summed E-state index contributed by atoms with van der Waals surface area (Å²) in [6.07, 6.45) is 0. The predicted octanol–water partition coefficient (Wildman–Crippen LogP) is 3.36. The zero-order valence-electron chi connectivity index (χ0n) is 8.96. The van der Waals surface area contributed by atoms with Gasteiger partial charge >= 0.3 is 0 Å².